The summed E-state index contributed by atoms with van der Waals surface area (Å²) in [5.74, 6) is 0.624. The Bertz CT molecular complexity index is 492. The summed E-state index contributed by atoms with van der Waals surface area (Å²) in [6.45, 7) is 4.87. The number of methoxy groups -OCH3 is 1. The molecule has 1 unspecified atom stereocenters. The second-order valence-corrected chi connectivity index (χ2v) is 6.37. The van der Waals surface area contributed by atoms with Crippen LogP contribution in [0.4, 0.5) is 0 Å². The van der Waals surface area contributed by atoms with E-state index in [9.17, 15) is 0 Å². The highest BCUT2D eigenvalue weighted by Gasteiger charge is 2.11. The van der Waals surface area contributed by atoms with Gasteiger partial charge in [-0.15, -0.1) is 0 Å². The van der Waals surface area contributed by atoms with Crippen molar-refractivity contribution in [1.82, 2.24) is 5.32 Å². The third-order valence-electron chi connectivity index (χ3n) is 3.67. The molecule has 0 bridgehead atoms. The van der Waals surface area contributed by atoms with Crippen LogP contribution in [0.1, 0.15) is 16.7 Å². The van der Waals surface area contributed by atoms with E-state index in [0.717, 1.165) is 32.5 Å². The van der Waals surface area contributed by atoms with Gasteiger partial charge in [-0.3, -0.25) is 0 Å². The van der Waals surface area contributed by atoms with E-state index in [1.54, 1.807) is 18.4 Å². The van der Waals surface area contributed by atoms with Gasteiger partial charge in [0.1, 0.15) is 0 Å². The van der Waals surface area contributed by atoms with Gasteiger partial charge >= 0.3 is 0 Å². The smallest absolute Gasteiger partial charge is 0.0587 e. The maximum Gasteiger partial charge on any atom is 0.0587 e. The summed E-state index contributed by atoms with van der Waals surface area (Å²) in [5.41, 5.74) is 4.20. The van der Waals surface area contributed by atoms with Gasteiger partial charge in [0.05, 0.1) is 6.61 Å². The molecule has 0 aliphatic rings. The SMILES string of the molecule is COCCNCC(Cc1ccc(C)cc1)Cc1ccsc1. The molecular formula is C18H25NOS. The van der Waals surface area contributed by atoms with Gasteiger partial charge in [0.15, 0.2) is 0 Å². The lowest BCUT2D eigenvalue weighted by Crippen LogP contribution is -2.28. The van der Waals surface area contributed by atoms with E-state index in [2.05, 4.69) is 53.3 Å². The topological polar surface area (TPSA) is 21.3 Å². The second kappa shape index (κ2) is 8.98. The quantitative estimate of drug-likeness (QED) is 0.713. The molecule has 0 fully saturated rings. The molecule has 0 spiro atoms. The van der Waals surface area contributed by atoms with Crippen LogP contribution in [0.3, 0.4) is 0 Å². The van der Waals surface area contributed by atoms with E-state index in [1.165, 1.54) is 16.7 Å². The van der Waals surface area contributed by atoms with Crippen LogP contribution in [0.15, 0.2) is 41.1 Å². The number of nitrogens with one attached hydrogen (secondary N) is 1. The molecular weight excluding hydrogens is 278 g/mol. The first-order valence-corrected chi connectivity index (χ1v) is 8.48. The number of hydrogen-bond donors (Lipinski definition) is 1. The number of rotatable bonds is 9. The molecule has 3 heteroatoms. The Balaban J connectivity index is 1.91. The van der Waals surface area contributed by atoms with Crippen molar-refractivity contribution in [1.29, 1.82) is 0 Å². The fourth-order valence-electron chi connectivity index (χ4n) is 2.50. The summed E-state index contributed by atoms with van der Waals surface area (Å²) in [5, 5.41) is 7.93. The molecule has 1 atom stereocenters. The zero-order valence-electron chi connectivity index (χ0n) is 13.0. The first-order valence-electron chi connectivity index (χ1n) is 7.54. The third kappa shape index (κ3) is 6.00. The first-order chi connectivity index (χ1) is 10.3. The van der Waals surface area contributed by atoms with E-state index in [4.69, 9.17) is 4.74 Å². The van der Waals surface area contributed by atoms with Crippen LogP contribution in [0, 0.1) is 12.8 Å². The highest BCUT2D eigenvalue weighted by Crippen LogP contribution is 2.17. The number of hydrogen-bond acceptors (Lipinski definition) is 3. The molecule has 21 heavy (non-hydrogen) atoms. The molecule has 2 aromatic rings. The second-order valence-electron chi connectivity index (χ2n) is 5.59. The van der Waals surface area contributed by atoms with Crippen LogP contribution in [-0.2, 0) is 17.6 Å². The van der Waals surface area contributed by atoms with Gasteiger partial charge < -0.3 is 10.1 Å². The van der Waals surface area contributed by atoms with Crippen molar-refractivity contribution in [2.24, 2.45) is 5.92 Å². The summed E-state index contributed by atoms with van der Waals surface area (Å²) in [6, 6.07) is 11.2. The molecule has 1 aromatic heterocycles. The molecule has 0 amide bonds. The summed E-state index contributed by atoms with van der Waals surface area (Å²) in [4.78, 5) is 0. The lowest BCUT2D eigenvalue weighted by Gasteiger charge is -2.17. The fraction of sp³-hybridized carbons (Fsp3) is 0.444. The van der Waals surface area contributed by atoms with E-state index in [1.807, 2.05) is 0 Å². The molecule has 1 aromatic carbocycles. The van der Waals surface area contributed by atoms with E-state index >= 15 is 0 Å². The van der Waals surface area contributed by atoms with Crippen LogP contribution in [0.25, 0.3) is 0 Å². The number of thiophene rings is 1. The summed E-state index contributed by atoms with van der Waals surface area (Å²) in [7, 11) is 1.75. The van der Waals surface area contributed by atoms with Crippen LogP contribution >= 0.6 is 11.3 Å². The minimum absolute atomic E-state index is 0.624. The first kappa shape index (κ1) is 16.2. The number of aryl methyl sites for hydroxylation is 1. The Kier molecular flexibility index (Phi) is 6.93. The molecule has 0 saturated carbocycles. The van der Waals surface area contributed by atoms with Crippen molar-refractivity contribution in [3.05, 3.63) is 57.8 Å². The molecule has 2 nitrogen and oxygen atoms in total. The molecule has 0 radical (unpaired) electrons. The Morgan fingerprint density at radius 1 is 1.10 bits per heavy atom. The maximum absolute atomic E-state index is 5.10. The van der Waals surface area contributed by atoms with Crippen LogP contribution in [0.2, 0.25) is 0 Å². The zero-order valence-corrected chi connectivity index (χ0v) is 13.8. The standard InChI is InChI=1S/C18H25NOS/c1-15-3-5-16(6-4-15)11-18(13-19-8-9-20-2)12-17-7-10-21-14-17/h3-7,10,14,18-19H,8-9,11-13H2,1-2H3. The Morgan fingerprint density at radius 2 is 1.86 bits per heavy atom. The molecule has 1 N–H and O–H groups in total. The van der Waals surface area contributed by atoms with Crippen molar-refractivity contribution in [2.75, 3.05) is 26.8 Å². The van der Waals surface area contributed by atoms with Gasteiger partial charge in [0, 0.05) is 13.7 Å². The predicted octanol–water partition coefficient (Wildman–Crippen LogP) is 3.69. The number of ether oxygens (including phenoxy) is 1. The van der Waals surface area contributed by atoms with Crippen LogP contribution in [0.5, 0.6) is 0 Å². The van der Waals surface area contributed by atoms with Gasteiger partial charge in [-0.05, 0) is 60.2 Å². The Labute approximate surface area is 132 Å². The highest BCUT2D eigenvalue weighted by molar-refractivity contribution is 7.07. The van der Waals surface area contributed by atoms with Crippen molar-refractivity contribution in [3.8, 4) is 0 Å². The van der Waals surface area contributed by atoms with Gasteiger partial charge in [0.2, 0.25) is 0 Å². The van der Waals surface area contributed by atoms with Gasteiger partial charge in [-0.2, -0.15) is 11.3 Å². The minimum atomic E-state index is 0.624. The van der Waals surface area contributed by atoms with E-state index in [-0.39, 0.29) is 0 Å². The molecule has 0 saturated heterocycles. The molecule has 0 aliphatic carbocycles. The maximum atomic E-state index is 5.10. The van der Waals surface area contributed by atoms with Crippen molar-refractivity contribution >= 4 is 11.3 Å². The Hall–Kier alpha value is -1.16. The van der Waals surface area contributed by atoms with Crippen molar-refractivity contribution in [3.63, 3.8) is 0 Å². The molecule has 1 heterocycles. The fourth-order valence-corrected chi connectivity index (χ4v) is 3.18. The van der Waals surface area contributed by atoms with Crippen LogP contribution < -0.4 is 5.32 Å². The average Bonchev–Trinajstić information content (AvgIpc) is 2.99. The third-order valence-corrected chi connectivity index (χ3v) is 4.40. The highest BCUT2D eigenvalue weighted by atomic mass is 32.1. The predicted molar refractivity (Wildman–Crippen MR) is 91.1 cm³/mol. The van der Waals surface area contributed by atoms with Gasteiger partial charge in [0.25, 0.3) is 0 Å². The Morgan fingerprint density at radius 3 is 2.52 bits per heavy atom. The lowest BCUT2D eigenvalue weighted by atomic mass is 9.93. The van der Waals surface area contributed by atoms with Crippen molar-refractivity contribution < 1.29 is 4.74 Å². The summed E-state index contributed by atoms with van der Waals surface area (Å²) < 4.78 is 5.10. The van der Waals surface area contributed by atoms with Gasteiger partial charge in [-0.1, -0.05) is 29.8 Å². The van der Waals surface area contributed by atoms with E-state index < -0.39 is 0 Å². The monoisotopic (exact) mass is 303 g/mol. The lowest BCUT2D eigenvalue weighted by molar-refractivity contribution is 0.197. The molecule has 0 aliphatic heterocycles. The average molecular weight is 303 g/mol. The van der Waals surface area contributed by atoms with Crippen molar-refractivity contribution in [2.45, 2.75) is 19.8 Å². The van der Waals surface area contributed by atoms with Crippen LogP contribution in [-0.4, -0.2) is 26.8 Å². The van der Waals surface area contributed by atoms with E-state index in [0.29, 0.717) is 5.92 Å². The largest absolute Gasteiger partial charge is 0.383 e. The number of benzene rings is 1. The zero-order chi connectivity index (χ0) is 14.9. The molecule has 114 valence electrons. The molecule has 2 rings (SSSR count). The van der Waals surface area contributed by atoms with Gasteiger partial charge in [-0.25, -0.2) is 0 Å². The minimum Gasteiger partial charge on any atom is -0.383 e. The summed E-state index contributed by atoms with van der Waals surface area (Å²) in [6.07, 6.45) is 2.26. The summed E-state index contributed by atoms with van der Waals surface area (Å²) >= 11 is 1.78. The normalized spacial score (nSPS) is 12.5.